The van der Waals surface area contributed by atoms with Crippen LogP contribution in [0.5, 0.6) is 11.5 Å². The van der Waals surface area contributed by atoms with Gasteiger partial charge in [0.05, 0.1) is 11.3 Å². The number of aromatic amines is 1. The molecule has 6 nitrogen and oxygen atoms in total. The summed E-state index contributed by atoms with van der Waals surface area (Å²) in [5.41, 5.74) is -2.95. The number of hydrogen-bond donors (Lipinski definition) is 1. The van der Waals surface area contributed by atoms with Gasteiger partial charge < -0.3 is 9.72 Å². The lowest BCUT2D eigenvalue weighted by Crippen LogP contribution is -2.36. The molecule has 148 valence electrons. The molecule has 0 aliphatic heterocycles. The summed E-state index contributed by atoms with van der Waals surface area (Å²) in [7, 11) is 0. The van der Waals surface area contributed by atoms with Gasteiger partial charge in [-0.2, -0.15) is 18.4 Å². The van der Waals surface area contributed by atoms with Crippen molar-refractivity contribution >= 4 is 22.6 Å². The summed E-state index contributed by atoms with van der Waals surface area (Å²) < 4.78 is 45.1. The second kappa shape index (κ2) is 7.75. The van der Waals surface area contributed by atoms with E-state index in [1.54, 1.807) is 58.8 Å². The van der Waals surface area contributed by atoms with Crippen LogP contribution < -0.4 is 16.0 Å². The predicted molar refractivity (Wildman–Crippen MR) is 106 cm³/mol. The van der Waals surface area contributed by atoms with Gasteiger partial charge in [0.25, 0.3) is 5.56 Å². The number of halogens is 4. The van der Waals surface area contributed by atoms with Crippen LogP contribution in [0, 0.1) is 21.8 Å². The monoisotopic (exact) mass is 513 g/mol. The Kier molecular flexibility index (Phi) is 5.52. The van der Waals surface area contributed by atoms with Gasteiger partial charge in [-0.15, -0.1) is 0 Å². The van der Waals surface area contributed by atoms with Crippen molar-refractivity contribution in [2.45, 2.75) is 13.1 Å². The molecule has 10 heteroatoms. The van der Waals surface area contributed by atoms with Gasteiger partial charge in [0, 0.05) is 15.7 Å². The lowest BCUT2D eigenvalue weighted by Gasteiger charge is -2.14. The Hall–Kier alpha value is -3.07. The number of aryl methyl sites for hydroxylation is 1. The molecule has 0 spiro atoms. The number of nitrogens with one attached hydrogen (secondary N) is 1. The van der Waals surface area contributed by atoms with Crippen molar-refractivity contribution in [3.63, 3.8) is 0 Å². The molecule has 1 aromatic heterocycles. The average Bonchev–Trinajstić information content (AvgIpc) is 2.64. The first-order valence-corrected chi connectivity index (χ1v) is 9.11. The van der Waals surface area contributed by atoms with Crippen LogP contribution in [0.25, 0.3) is 5.69 Å². The molecule has 0 fully saturated rings. The van der Waals surface area contributed by atoms with Crippen LogP contribution in [0.4, 0.5) is 13.2 Å². The first-order valence-electron chi connectivity index (χ1n) is 8.03. The Morgan fingerprint density at radius 2 is 1.83 bits per heavy atom. The molecule has 0 aliphatic rings. The third-order valence-electron chi connectivity index (χ3n) is 3.96. The second-order valence-corrected chi connectivity index (χ2v) is 7.10. The largest absolute Gasteiger partial charge is 0.456 e. The zero-order chi connectivity index (χ0) is 21.3. The average molecular weight is 513 g/mol. The molecule has 0 atom stereocenters. The molecule has 1 heterocycles. The molecule has 0 radical (unpaired) electrons. The Labute approximate surface area is 175 Å². The summed E-state index contributed by atoms with van der Waals surface area (Å²) in [4.78, 5) is 26.2. The van der Waals surface area contributed by atoms with Crippen molar-refractivity contribution < 1.29 is 17.9 Å². The lowest BCUT2D eigenvalue weighted by atomic mass is 10.2. The fourth-order valence-electron chi connectivity index (χ4n) is 2.55. The van der Waals surface area contributed by atoms with Crippen molar-refractivity contribution in [1.29, 1.82) is 5.26 Å². The molecule has 0 unspecified atom stereocenters. The van der Waals surface area contributed by atoms with Crippen molar-refractivity contribution in [3.05, 3.63) is 83.7 Å². The van der Waals surface area contributed by atoms with Gasteiger partial charge in [-0.05, 0) is 47.2 Å². The van der Waals surface area contributed by atoms with Crippen molar-refractivity contribution in [3.8, 4) is 23.3 Å². The highest BCUT2D eigenvalue weighted by Crippen LogP contribution is 2.32. The number of benzene rings is 2. The fraction of sp³-hybridized carbons (Fsp3) is 0.105. The van der Waals surface area contributed by atoms with E-state index in [9.17, 15) is 28.0 Å². The van der Waals surface area contributed by atoms with Gasteiger partial charge in [0.2, 0.25) is 0 Å². The van der Waals surface area contributed by atoms with Crippen LogP contribution in [0.2, 0.25) is 0 Å². The van der Waals surface area contributed by atoms with Gasteiger partial charge in [0.1, 0.15) is 23.3 Å². The fourth-order valence-corrected chi connectivity index (χ4v) is 3.26. The normalized spacial score (nSPS) is 11.2. The standard InChI is InChI=1S/C19H11F3IN3O3/c1-10-4-2-3-5-14(10)29-15-7-13(12(23)6-11(15)9-24)26-17(27)8-16(19(20,21)22)25-18(26)28/h2-8H,1H3,(H,25,28). The van der Waals surface area contributed by atoms with E-state index in [1.165, 1.54) is 12.1 Å². The number of aromatic nitrogens is 2. The first kappa shape index (κ1) is 20.7. The highest BCUT2D eigenvalue weighted by atomic mass is 127. The van der Waals surface area contributed by atoms with E-state index in [2.05, 4.69) is 0 Å². The van der Waals surface area contributed by atoms with E-state index in [-0.39, 0.29) is 17.0 Å². The van der Waals surface area contributed by atoms with E-state index >= 15 is 0 Å². The third kappa shape index (κ3) is 4.19. The third-order valence-corrected chi connectivity index (χ3v) is 4.83. The Morgan fingerprint density at radius 3 is 2.41 bits per heavy atom. The molecule has 29 heavy (non-hydrogen) atoms. The molecule has 1 N–H and O–H groups in total. The maximum absolute atomic E-state index is 12.8. The van der Waals surface area contributed by atoms with Gasteiger partial charge in [-0.1, -0.05) is 18.2 Å². The first-order chi connectivity index (χ1) is 13.6. The highest BCUT2D eigenvalue weighted by molar-refractivity contribution is 14.1. The summed E-state index contributed by atoms with van der Waals surface area (Å²) in [5, 5.41) is 9.39. The van der Waals surface area contributed by atoms with Crippen LogP contribution in [-0.4, -0.2) is 9.55 Å². The number of H-pyrrole nitrogens is 1. The molecular weight excluding hydrogens is 502 g/mol. The zero-order valence-corrected chi connectivity index (χ0v) is 16.8. The van der Waals surface area contributed by atoms with Gasteiger partial charge in [-0.25, -0.2) is 9.36 Å². The minimum Gasteiger partial charge on any atom is -0.456 e. The van der Waals surface area contributed by atoms with Gasteiger partial charge in [0.15, 0.2) is 0 Å². The van der Waals surface area contributed by atoms with Gasteiger partial charge in [-0.3, -0.25) is 4.79 Å². The van der Waals surface area contributed by atoms with Crippen LogP contribution in [0.15, 0.2) is 52.1 Å². The molecule has 0 aliphatic carbocycles. The predicted octanol–water partition coefficient (Wildman–Crippen LogP) is 4.12. The van der Waals surface area contributed by atoms with E-state index in [0.717, 1.165) is 5.56 Å². The van der Waals surface area contributed by atoms with Gasteiger partial charge >= 0.3 is 11.9 Å². The molecule has 2 aromatic carbocycles. The molecule has 0 saturated carbocycles. The summed E-state index contributed by atoms with van der Waals surface area (Å²) in [6, 6.07) is 11.9. The topological polar surface area (TPSA) is 87.9 Å². The van der Waals surface area contributed by atoms with Crippen LogP contribution in [0.1, 0.15) is 16.8 Å². The summed E-state index contributed by atoms with van der Waals surface area (Å²) in [6.45, 7) is 1.79. The number of nitriles is 1. The van der Waals surface area contributed by atoms with Crippen LogP contribution in [0.3, 0.4) is 0 Å². The lowest BCUT2D eigenvalue weighted by molar-refractivity contribution is -0.141. The number of alkyl halides is 3. The summed E-state index contributed by atoms with van der Waals surface area (Å²) in [5.74, 6) is 0.508. The molecule has 3 aromatic rings. The quantitative estimate of drug-likeness (QED) is 0.534. The zero-order valence-electron chi connectivity index (χ0n) is 14.7. The SMILES string of the molecule is Cc1ccccc1Oc1cc(-n2c(=O)cc(C(F)(F)F)[nH]c2=O)c(I)cc1C#N. The molecule has 0 amide bonds. The minimum atomic E-state index is -4.87. The number of hydrogen-bond acceptors (Lipinski definition) is 4. The Morgan fingerprint density at radius 1 is 1.14 bits per heavy atom. The Balaban J connectivity index is 2.20. The van der Waals surface area contributed by atoms with Crippen molar-refractivity contribution in [2.75, 3.05) is 0 Å². The van der Waals surface area contributed by atoms with E-state index < -0.39 is 23.1 Å². The second-order valence-electron chi connectivity index (χ2n) is 5.94. The van der Waals surface area contributed by atoms with Crippen LogP contribution >= 0.6 is 22.6 Å². The van der Waals surface area contributed by atoms with E-state index in [4.69, 9.17) is 4.74 Å². The van der Waals surface area contributed by atoms with Crippen LogP contribution in [-0.2, 0) is 6.18 Å². The maximum atomic E-state index is 12.8. The number of para-hydroxylation sites is 1. The Bertz CT molecular complexity index is 1230. The minimum absolute atomic E-state index is 0.00633. The molecule has 0 bridgehead atoms. The highest BCUT2D eigenvalue weighted by Gasteiger charge is 2.33. The van der Waals surface area contributed by atoms with E-state index in [1.807, 2.05) is 6.07 Å². The van der Waals surface area contributed by atoms with Crippen molar-refractivity contribution in [1.82, 2.24) is 9.55 Å². The summed E-state index contributed by atoms with van der Waals surface area (Å²) in [6.07, 6.45) is -4.87. The number of ether oxygens (including phenoxy) is 1. The number of rotatable bonds is 3. The molecule has 0 saturated heterocycles. The smallest absolute Gasteiger partial charge is 0.431 e. The van der Waals surface area contributed by atoms with E-state index in [0.29, 0.717) is 20.0 Å². The maximum Gasteiger partial charge on any atom is 0.431 e. The summed E-state index contributed by atoms with van der Waals surface area (Å²) >= 11 is 1.78. The molecular formula is C19H11F3IN3O3. The molecule has 3 rings (SSSR count). The number of nitrogens with zero attached hydrogens (tertiary/aromatic N) is 2. The van der Waals surface area contributed by atoms with Crippen molar-refractivity contribution in [2.24, 2.45) is 0 Å².